The molecular weight excluding hydrogens is 382 g/mol. The van der Waals surface area contributed by atoms with Gasteiger partial charge in [-0.15, -0.1) is 0 Å². The van der Waals surface area contributed by atoms with E-state index >= 15 is 0 Å². The molecule has 3 heteroatoms. The van der Waals surface area contributed by atoms with E-state index in [1.807, 2.05) is 0 Å². The summed E-state index contributed by atoms with van der Waals surface area (Å²) in [4.78, 5) is 12.5. The van der Waals surface area contributed by atoms with Gasteiger partial charge in [-0.3, -0.25) is 4.79 Å². The molecule has 0 unspecified atom stereocenters. The quantitative estimate of drug-likeness (QED) is 0.154. The molecule has 0 aromatic rings. The van der Waals surface area contributed by atoms with Crippen molar-refractivity contribution in [2.75, 3.05) is 13.1 Å². The number of piperidine rings is 1. The highest BCUT2D eigenvalue weighted by Crippen LogP contribution is 2.36. The van der Waals surface area contributed by atoms with Crippen molar-refractivity contribution in [1.29, 1.82) is 0 Å². The third-order valence-electron chi connectivity index (χ3n) is 7.58. The summed E-state index contributed by atoms with van der Waals surface area (Å²) in [6, 6.07) is 0. The van der Waals surface area contributed by atoms with Gasteiger partial charge in [0, 0.05) is 12.3 Å². The minimum absolute atomic E-state index is 0.0388. The lowest BCUT2D eigenvalue weighted by Gasteiger charge is -2.41. The highest BCUT2D eigenvalue weighted by atomic mass is 16.6. The maximum Gasteiger partial charge on any atom is 0.306 e. The first kappa shape index (κ1) is 28.5. The molecule has 0 radical (unpaired) electrons. The van der Waals surface area contributed by atoms with E-state index in [1.54, 1.807) is 0 Å². The number of rotatable bonds is 20. The third-order valence-corrected chi connectivity index (χ3v) is 7.58. The van der Waals surface area contributed by atoms with Crippen molar-refractivity contribution in [1.82, 2.24) is 5.32 Å². The molecule has 0 saturated carbocycles. The number of carbonyl (C=O) groups is 1. The van der Waals surface area contributed by atoms with Gasteiger partial charge in [-0.2, -0.15) is 0 Å². The average Bonchev–Trinajstić information content (AvgIpc) is 2.80. The first-order chi connectivity index (χ1) is 15.2. The first-order valence-corrected chi connectivity index (χ1v) is 14.1. The van der Waals surface area contributed by atoms with Crippen LogP contribution in [0, 0.1) is 5.92 Å². The van der Waals surface area contributed by atoms with E-state index < -0.39 is 0 Å². The highest BCUT2D eigenvalue weighted by Gasteiger charge is 2.39. The fourth-order valence-electron chi connectivity index (χ4n) is 5.32. The Bertz CT molecular complexity index is 413. The number of esters is 1. The van der Waals surface area contributed by atoms with Crippen LogP contribution in [0.3, 0.4) is 0 Å². The van der Waals surface area contributed by atoms with Gasteiger partial charge < -0.3 is 10.1 Å². The summed E-state index contributed by atoms with van der Waals surface area (Å²) in [7, 11) is 0. The second kappa shape index (κ2) is 18.9. The lowest BCUT2D eigenvalue weighted by molar-refractivity contribution is -0.169. The fourth-order valence-corrected chi connectivity index (χ4v) is 5.32. The summed E-state index contributed by atoms with van der Waals surface area (Å²) in [5.41, 5.74) is -0.227. The van der Waals surface area contributed by atoms with Gasteiger partial charge in [0.25, 0.3) is 0 Å². The fraction of sp³-hybridized carbons (Fsp3) is 0.964. The molecule has 0 amide bonds. The number of hydrogen-bond acceptors (Lipinski definition) is 3. The van der Waals surface area contributed by atoms with Crippen LogP contribution in [0.5, 0.6) is 0 Å². The molecule has 0 spiro atoms. The predicted molar refractivity (Wildman–Crippen MR) is 135 cm³/mol. The Morgan fingerprint density at radius 3 is 1.55 bits per heavy atom. The molecule has 0 bridgehead atoms. The van der Waals surface area contributed by atoms with Crippen molar-refractivity contribution in [2.24, 2.45) is 5.92 Å². The predicted octanol–water partition coefficient (Wildman–Crippen LogP) is 8.35. The van der Waals surface area contributed by atoms with Crippen molar-refractivity contribution >= 4 is 5.97 Å². The van der Waals surface area contributed by atoms with Crippen molar-refractivity contribution in [3.63, 3.8) is 0 Å². The van der Waals surface area contributed by atoms with Gasteiger partial charge in [0.2, 0.25) is 0 Å². The van der Waals surface area contributed by atoms with Gasteiger partial charge in [-0.05, 0) is 45.2 Å². The molecule has 184 valence electrons. The Balaban J connectivity index is 1.98. The van der Waals surface area contributed by atoms with Gasteiger partial charge in [-0.1, -0.05) is 111 Å². The topological polar surface area (TPSA) is 38.3 Å². The highest BCUT2D eigenvalue weighted by molar-refractivity contribution is 5.69. The Labute approximate surface area is 194 Å². The van der Waals surface area contributed by atoms with E-state index in [0.29, 0.717) is 12.3 Å². The van der Waals surface area contributed by atoms with Gasteiger partial charge in [0.15, 0.2) is 0 Å². The maximum absolute atomic E-state index is 12.5. The van der Waals surface area contributed by atoms with Crippen molar-refractivity contribution in [3.05, 3.63) is 0 Å². The molecule has 0 aliphatic carbocycles. The minimum atomic E-state index is -0.227. The Morgan fingerprint density at radius 1 is 0.710 bits per heavy atom. The summed E-state index contributed by atoms with van der Waals surface area (Å²) in [5.74, 6) is 0.561. The second-order valence-electron chi connectivity index (χ2n) is 9.97. The summed E-state index contributed by atoms with van der Waals surface area (Å²) in [6.07, 6.45) is 25.1. The lowest BCUT2D eigenvalue weighted by atomic mass is 9.77. The van der Waals surface area contributed by atoms with Crippen LogP contribution in [0.15, 0.2) is 0 Å². The summed E-state index contributed by atoms with van der Waals surface area (Å²) in [5, 5.41) is 3.43. The number of ether oxygens (including phenoxy) is 1. The largest absolute Gasteiger partial charge is 0.459 e. The molecule has 3 nitrogen and oxygen atoms in total. The average molecular weight is 438 g/mol. The van der Waals surface area contributed by atoms with Crippen LogP contribution in [0.1, 0.15) is 149 Å². The molecule has 1 rings (SSSR count). The van der Waals surface area contributed by atoms with Crippen LogP contribution in [0.2, 0.25) is 0 Å². The number of hydrogen-bond donors (Lipinski definition) is 1. The summed E-state index contributed by atoms with van der Waals surface area (Å²) >= 11 is 0. The standard InChI is InChI=1S/C28H55NO2/c1-4-7-8-9-10-11-12-13-14-15-16-17-18-19-20-21-27(30)31-28(5-2,6-3)26-22-24-29-25-23-26/h26,29H,4-25H2,1-3H3. The number of unbranched alkanes of at least 4 members (excludes halogenated alkanes) is 14. The summed E-state index contributed by atoms with van der Waals surface area (Å²) < 4.78 is 6.13. The van der Waals surface area contributed by atoms with E-state index in [0.717, 1.165) is 45.2 Å². The van der Waals surface area contributed by atoms with Crippen LogP contribution in [0.4, 0.5) is 0 Å². The van der Waals surface area contributed by atoms with Gasteiger partial charge in [-0.25, -0.2) is 0 Å². The SMILES string of the molecule is CCCCCCCCCCCCCCCCCC(=O)OC(CC)(CC)C1CCNCC1. The van der Waals surface area contributed by atoms with Crippen LogP contribution in [-0.2, 0) is 9.53 Å². The molecule has 0 atom stereocenters. The van der Waals surface area contributed by atoms with Crippen LogP contribution in [0.25, 0.3) is 0 Å². The van der Waals surface area contributed by atoms with E-state index in [1.165, 1.54) is 89.9 Å². The Hall–Kier alpha value is -0.570. The monoisotopic (exact) mass is 437 g/mol. The lowest BCUT2D eigenvalue weighted by Crippen LogP contribution is -2.46. The zero-order chi connectivity index (χ0) is 22.6. The van der Waals surface area contributed by atoms with Gasteiger partial charge in [0.05, 0.1) is 0 Å². The van der Waals surface area contributed by atoms with Crippen molar-refractivity contribution < 1.29 is 9.53 Å². The second-order valence-corrected chi connectivity index (χ2v) is 9.97. The van der Waals surface area contributed by atoms with Crippen molar-refractivity contribution in [3.8, 4) is 0 Å². The molecule has 1 saturated heterocycles. The molecule has 0 aromatic heterocycles. The summed E-state index contributed by atoms with van der Waals surface area (Å²) in [6.45, 7) is 8.78. The van der Waals surface area contributed by atoms with Crippen molar-refractivity contribution in [2.45, 2.75) is 155 Å². The van der Waals surface area contributed by atoms with Crippen LogP contribution in [-0.4, -0.2) is 24.7 Å². The smallest absolute Gasteiger partial charge is 0.306 e. The Kier molecular flexibility index (Phi) is 17.4. The molecule has 1 aliphatic heterocycles. The molecule has 1 N–H and O–H groups in total. The van der Waals surface area contributed by atoms with Gasteiger partial charge in [0.1, 0.15) is 5.60 Å². The molecule has 31 heavy (non-hydrogen) atoms. The molecule has 1 aliphatic rings. The first-order valence-electron chi connectivity index (χ1n) is 14.1. The van der Waals surface area contributed by atoms with Crippen LogP contribution >= 0.6 is 0 Å². The third kappa shape index (κ3) is 12.9. The van der Waals surface area contributed by atoms with E-state index in [4.69, 9.17) is 4.74 Å². The van der Waals surface area contributed by atoms with Gasteiger partial charge >= 0.3 is 5.97 Å². The van der Waals surface area contributed by atoms with Crippen LogP contribution < -0.4 is 5.32 Å². The van der Waals surface area contributed by atoms with E-state index in [2.05, 4.69) is 26.1 Å². The van der Waals surface area contributed by atoms with E-state index in [9.17, 15) is 4.79 Å². The zero-order valence-corrected chi connectivity index (χ0v) is 21.5. The molecule has 0 aromatic carbocycles. The molecule has 1 fully saturated rings. The zero-order valence-electron chi connectivity index (χ0n) is 21.5. The van der Waals surface area contributed by atoms with E-state index in [-0.39, 0.29) is 11.6 Å². The normalized spacial score (nSPS) is 15.3. The maximum atomic E-state index is 12.5. The number of nitrogens with one attached hydrogen (secondary N) is 1. The Morgan fingerprint density at radius 2 is 1.13 bits per heavy atom. The minimum Gasteiger partial charge on any atom is -0.459 e. The number of carbonyl (C=O) groups excluding carboxylic acids is 1. The molecular formula is C28H55NO2. The molecule has 1 heterocycles.